The summed E-state index contributed by atoms with van der Waals surface area (Å²) in [6, 6.07) is 26.6. The van der Waals surface area contributed by atoms with Crippen molar-refractivity contribution >= 4 is 28.6 Å². The van der Waals surface area contributed by atoms with E-state index in [-0.39, 0.29) is 5.92 Å². The summed E-state index contributed by atoms with van der Waals surface area (Å²) in [5.41, 5.74) is 3.28. The van der Waals surface area contributed by atoms with Gasteiger partial charge in [0.05, 0.1) is 23.3 Å². The van der Waals surface area contributed by atoms with E-state index in [2.05, 4.69) is 58.5 Å². The van der Waals surface area contributed by atoms with E-state index >= 15 is 0 Å². The molecule has 0 amide bonds. The van der Waals surface area contributed by atoms with Crippen LogP contribution in [0.1, 0.15) is 11.6 Å². The van der Waals surface area contributed by atoms with Gasteiger partial charge in [-0.15, -0.1) is 0 Å². The molecule has 1 unspecified atom stereocenters. The second-order valence-corrected chi connectivity index (χ2v) is 7.20. The standard InChI is InChI=1S/C23H26N4S/c1-26(19-11-5-3-6-12-19)17-21(22-15-9-10-16-24-22)23(28)25-18-27(2)20-13-7-4-8-14-20/h3-16,21H,17-18H2,1-2H3,(H,25,28). The summed E-state index contributed by atoms with van der Waals surface area (Å²) in [6.07, 6.45) is 1.82. The Morgan fingerprint density at radius 3 is 2.00 bits per heavy atom. The van der Waals surface area contributed by atoms with Crippen molar-refractivity contribution in [3.63, 3.8) is 0 Å². The Morgan fingerprint density at radius 1 is 0.857 bits per heavy atom. The number of hydrogen-bond acceptors (Lipinski definition) is 4. The molecule has 0 saturated heterocycles. The number of hydrogen-bond donors (Lipinski definition) is 1. The van der Waals surface area contributed by atoms with Gasteiger partial charge >= 0.3 is 0 Å². The summed E-state index contributed by atoms with van der Waals surface area (Å²) >= 11 is 5.79. The monoisotopic (exact) mass is 390 g/mol. The lowest BCUT2D eigenvalue weighted by Crippen LogP contribution is -2.40. The number of aromatic nitrogens is 1. The first-order valence-corrected chi connectivity index (χ1v) is 9.77. The zero-order valence-electron chi connectivity index (χ0n) is 16.3. The van der Waals surface area contributed by atoms with E-state index in [1.165, 1.54) is 0 Å². The predicted octanol–water partition coefficient (Wildman–Crippen LogP) is 4.31. The van der Waals surface area contributed by atoms with Crippen LogP contribution in [0.15, 0.2) is 85.1 Å². The van der Waals surface area contributed by atoms with Crippen LogP contribution in [0.25, 0.3) is 0 Å². The fraction of sp³-hybridized carbons (Fsp3) is 0.217. The van der Waals surface area contributed by atoms with Gasteiger partial charge in [0.25, 0.3) is 0 Å². The van der Waals surface area contributed by atoms with Crippen LogP contribution in [0.3, 0.4) is 0 Å². The molecule has 5 heteroatoms. The smallest absolute Gasteiger partial charge is 0.0877 e. The third kappa shape index (κ3) is 5.30. The second kappa shape index (κ2) is 9.85. The number of pyridine rings is 1. The molecule has 2 aromatic carbocycles. The molecule has 0 bridgehead atoms. The molecule has 0 fully saturated rings. The van der Waals surface area contributed by atoms with E-state index in [0.717, 1.165) is 28.6 Å². The summed E-state index contributed by atoms with van der Waals surface area (Å²) in [4.78, 5) is 9.72. The Morgan fingerprint density at radius 2 is 1.43 bits per heavy atom. The maximum absolute atomic E-state index is 5.79. The Hall–Kier alpha value is -2.92. The zero-order valence-corrected chi connectivity index (χ0v) is 17.1. The number of nitrogens with zero attached hydrogens (tertiary/aromatic N) is 3. The van der Waals surface area contributed by atoms with E-state index in [1.807, 2.05) is 60.8 Å². The molecule has 28 heavy (non-hydrogen) atoms. The van der Waals surface area contributed by atoms with Gasteiger partial charge in [0.1, 0.15) is 0 Å². The van der Waals surface area contributed by atoms with Gasteiger partial charge in [0.15, 0.2) is 0 Å². The van der Waals surface area contributed by atoms with Crippen molar-refractivity contribution in [3.05, 3.63) is 90.8 Å². The minimum Gasteiger partial charge on any atom is -0.373 e. The lowest BCUT2D eigenvalue weighted by molar-refractivity contribution is 0.759. The predicted molar refractivity (Wildman–Crippen MR) is 122 cm³/mol. The lowest BCUT2D eigenvalue weighted by Gasteiger charge is -2.28. The van der Waals surface area contributed by atoms with Gasteiger partial charge in [-0.3, -0.25) is 4.98 Å². The third-order valence-corrected chi connectivity index (χ3v) is 5.13. The summed E-state index contributed by atoms with van der Waals surface area (Å²) < 4.78 is 0. The highest BCUT2D eigenvalue weighted by molar-refractivity contribution is 7.80. The Bertz CT molecular complexity index is 856. The van der Waals surface area contributed by atoms with Crippen LogP contribution in [-0.2, 0) is 0 Å². The molecule has 0 saturated carbocycles. The fourth-order valence-corrected chi connectivity index (χ4v) is 3.31. The van der Waals surface area contributed by atoms with Crippen LogP contribution in [0.4, 0.5) is 11.4 Å². The Labute approximate surface area is 172 Å². The number of para-hydroxylation sites is 2. The first kappa shape index (κ1) is 19.8. The number of rotatable bonds is 8. The number of thiocarbonyl (C=S) groups is 1. The summed E-state index contributed by atoms with van der Waals surface area (Å²) in [6.45, 7) is 1.39. The molecule has 3 rings (SSSR count). The van der Waals surface area contributed by atoms with E-state index in [9.17, 15) is 0 Å². The van der Waals surface area contributed by atoms with Gasteiger partial charge in [0, 0.05) is 38.2 Å². The fourth-order valence-electron chi connectivity index (χ4n) is 3.05. The molecule has 1 aromatic heterocycles. The van der Waals surface area contributed by atoms with Gasteiger partial charge in [-0.25, -0.2) is 0 Å². The second-order valence-electron chi connectivity index (χ2n) is 6.76. The van der Waals surface area contributed by atoms with Crippen LogP contribution < -0.4 is 15.1 Å². The molecule has 0 aliphatic carbocycles. The minimum atomic E-state index is 0.00517. The molecule has 0 radical (unpaired) electrons. The normalized spacial score (nSPS) is 11.5. The molecular formula is C23H26N4S. The van der Waals surface area contributed by atoms with Crippen molar-refractivity contribution in [1.29, 1.82) is 0 Å². The average Bonchev–Trinajstić information content (AvgIpc) is 2.77. The maximum atomic E-state index is 5.79. The van der Waals surface area contributed by atoms with E-state index < -0.39 is 0 Å². The zero-order chi connectivity index (χ0) is 19.8. The maximum Gasteiger partial charge on any atom is 0.0877 e. The van der Waals surface area contributed by atoms with Crippen LogP contribution in [-0.4, -0.2) is 37.3 Å². The first-order valence-electron chi connectivity index (χ1n) is 9.36. The van der Waals surface area contributed by atoms with Crippen LogP contribution in [0.5, 0.6) is 0 Å². The molecule has 144 valence electrons. The van der Waals surface area contributed by atoms with E-state index in [4.69, 9.17) is 12.2 Å². The van der Waals surface area contributed by atoms with Crippen molar-refractivity contribution in [3.8, 4) is 0 Å². The molecule has 0 aliphatic rings. The van der Waals surface area contributed by atoms with E-state index in [0.29, 0.717) is 6.67 Å². The molecule has 1 heterocycles. The lowest BCUT2D eigenvalue weighted by atomic mass is 10.0. The van der Waals surface area contributed by atoms with Gasteiger partial charge in [-0.2, -0.15) is 0 Å². The molecule has 0 spiro atoms. The summed E-state index contributed by atoms with van der Waals surface area (Å²) in [5.74, 6) is 0.00517. The largest absolute Gasteiger partial charge is 0.373 e. The number of likely N-dealkylation sites (N-methyl/N-ethyl adjacent to an activating group) is 1. The minimum absolute atomic E-state index is 0.00517. The summed E-state index contributed by atoms with van der Waals surface area (Å²) in [7, 11) is 4.14. The number of benzene rings is 2. The number of nitrogens with one attached hydrogen (secondary N) is 1. The number of anilines is 2. The van der Waals surface area contributed by atoms with Crippen molar-refractivity contribution < 1.29 is 0 Å². The Balaban J connectivity index is 1.70. The highest BCUT2D eigenvalue weighted by Gasteiger charge is 2.21. The highest BCUT2D eigenvalue weighted by atomic mass is 32.1. The molecule has 0 aliphatic heterocycles. The van der Waals surface area contributed by atoms with Gasteiger partial charge < -0.3 is 15.1 Å². The van der Waals surface area contributed by atoms with E-state index in [1.54, 1.807) is 0 Å². The van der Waals surface area contributed by atoms with Crippen LogP contribution in [0, 0.1) is 0 Å². The third-order valence-electron chi connectivity index (χ3n) is 4.70. The van der Waals surface area contributed by atoms with Crippen molar-refractivity contribution in [2.24, 2.45) is 0 Å². The molecule has 4 nitrogen and oxygen atoms in total. The molecule has 1 N–H and O–H groups in total. The Kier molecular flexibility index (Phi) is 6.98. The van der Waals surface area contributed by atoms with Crippen molar-refractivity contribution in [2.75, 3.05) is 37.1 Å². The topological polar surface area (TPSA) is 31.4 Å². The molecular weight excluding hydrogens is 364 g/mol. The van der Waals surface area contributed by atoms with Gasteiger partial charge in [-0.1, -0.05) is 54.7 Å². The van der Waals surface area contributed by atoms with Crippen molar-refractivity contribution in [2.45, 2.75) is 5.92 Å². The first-order chi connectivity index (χ1) is 13.6. The van der Waals surface area contributed by atoms with Crippen molar-refractivity contribution in [1.82, 2.24) is 10.3 Å². The summed E-state index contributed by atoms with van der Waals surface area (Å²) in [5, 5.41) is 3.43. The molecule has 3 aromatic rings. The molecule has 1 atom stereocenters. The van der Waals surface area contributed by atoms with Gasteiger partial charge in [0.2, 0.25) is 0 Å². The quantitative estimate of drug-likeness (QED) is 0.457. The van der Waals surface area contributed by atoms with Crippen LogP contribution in [0.2, 0.25) is 0 Å². The van der Waals surface area contributed by atoms with Gasteiger partial charge in [-0.05, 0) is 36.4 Å². The average molecular weight is 391 g/mol. The van der Waals surface area contributed by atoms with Crippen LogP contribution >= 0.6 is 12.2 Å². The highest BCUT2D eigenvalue weighted by Crippen LogP contribution is 2.20. The SMILES string of the molecule is CN(CNC(=S)C(CN(C)c1ccccc1)c1ccccn1)c1ccccc1.